The van der Waals surface area contributed by atoms with Crippen molar-refractivity contribution in [1.82, 2.24) is 0 Å². The summed E-state index contributed by atoms with van der Waals surface area (Å²) in [5, 5.41) is 0.631. The minimum absolute atomic E-state index is 0.209. The molecule has 0 aliphatic rings. The Morgan fingerprint density at radius 2 is 1.59 bits per heavy atom. The van der Waals surface area contributed by atoms with Gasteiger partial charge in [0.2, 0.25) is 0 Å². The molecule has 0 N–H and O–H groups in total. The fourth-order valence-corrected chi connectivity index (χ4v) is 4.38. The quantitative estimate of drug-likeness (QED) is 0.736. The number of carbonyl (C=O) groups is 1. The van der Waals surface area contributed by atoms with Crippen molar-refractivity contribution in [2.45, 2.75) is 38.9 Å². The Kier molecular flexibility index (Phi) is 5.21. The lowest BCUT2D eigenvalue weighted by atomic mass is 10.2. The molecule has 0 heterocycles. The van der Waals surface area contributed by atoms with E-state index in [1.807, 2.05) is 0 Å². The third-order valence-electron chi connectivity index (χ3n) is 3.32. The van der Waals surface area contributed by atoms with Gasteiger partial charge in [0.05, 0.1) is 5.56 Å². The lowest BCUT2D eigenvalue weighted by Crippen LogP contribution is -2.38. The maximum Gasteiger partial charge on any atom is 0.324 e. The van der Waals surface area contributed by atoms with Crippen molar-refractivity contribution in [2.24, 2.45) is 0 Å². The van der Waals surface area contributed by atoms with Crippen molar-refractivity contribution in [1.29, 1.82) is 0 Å². The van der Waals surface area contributed by atoms with E-state index in [0.717, 1.165) is 18.1 Å². The standard InChI is InChI=1S/C13H19ClO2Si/c1-4-17(5-2,6-3)16-13(15)11-7-9-12(14)10-8-11/h7-10H,4-6H2,1-3H3. The van der Waals surface area contributed by atoms with Gasteiger partial charge in [-0.3, -0.25) is 0 Å². The van der Waals surface area contributed by atoms with E-state index in [2.05, 4.69) is 20.8 Å². The molecule has 0 aliphatic carbocycles. The summed E-state index contributed by atoms with van der Waals surface area (Å²) in [7, 11) is -1.86. The van der Waals surface area contributed by atoms with E-state index in [1.54, 1.807) is 24.3 Å². The topological polar surface area (TPSA) is 26.3 Å². The third-order valence-corrected chi connectivity index (χ3v) is 8.06. The van der Waals surface area contributed by atoms with Crippen LogP contribution < -0.4 is 0 Å². The molecule has 0 aromatic heterocycles. The maximum atomic E-state index is 12.0. The zero-order chi connectivity index (χ0) is 12.9. The number of halogens is 1. The average Bonchev–Trinajstić information content (AvgIpc) is 2.37. The van der Waals surface area contributed by atoms with Gasteiger partial charge >= 0.3 is 5.97 Å². The molecular weight excluding hydrogens is 252 g/mol. The Hall–Kier alpha value is -0.803. The largest absolute Gasteiger partial charge is 0.516 e. The SMILES string of the molecule is CC[Si](CC)(CC)OC(=O)c1ccc(Cl)cc1. The highest BCUT2D eigenvalue weighted by atomic mass is 35.5. The molecule has 0 atom stereocenters. The van der Waals surface area contributed by atoms with E-state index in [-0.39, 0.29) is 5.97 Å². The second kappa shape index (κ2) is 6.22. The molecule has 0 radical (unpaired) electrons. The number of hydrogen-bond donors (Lipinski definition) is 0. The summed E-state index contributed by atoms with van der Waals surface area (Å²) in [5.74, 6) is -0.209. The van der Waals surface area contributed by atoms with Crippen LogP contribution >= 0.6 is 11.6 Å². The summed E-state index contributed by atoms with van der Waals surface area (Å²) in [4.78, 5) is 12.0. The molecule has 1 aromatic carbocycles. The van der Waals surface area contributed by atoms with Gasteiger partial charge in [-0.2, -0.15) is 0 Å². The highest BCUT2D eigenvalue weighted by Gasteiger charge is 2.33. The molecule has 94 valence electrons. The fraction of sp³-hybridized carbons (Fsp3) is 0.462. The molecule has 0 saturated heterocycles. The summed E-state index contributed by atoms with van der Waals surface area (Å²) in [6.45, 7) is 6.32. The van der Waals surface area contributed by atoms with E-state index in [0.29, 0.717) is 10.6 Å². The molecule has 1 aromatic rings. The number of carbonyl (C=O) groups excluding carboxylic acids is 1. The van der Waals surface area contributed by atoms with E-state index < -0.39 is 8.32 Å². The van der Waals surface area contributed by atoms with Crippen LogP contribution in [0.1, 0.15) is 31.1 Å². The van der Waals surface area contributed by atoms with Crippen LogP contribution in [0.25, 0.3) is 0 Å². The molecule has 0 aliphatic heterocycles. The van der Waals surface area contributed by atoms with Crippen LogP contribution in [0.15, 0.2) is 24.3 Å². The van der Waals surface area contributed by atoms with Crippen LogP contribution in [0.3, 0.4) is 0 Å². The lowest BCUT2D eigenvalue weighted by Gasteiger charge is -2.27. The Morgan fingerprint density at radius 3 is 2.00 bits per heavy atom. The van der Waals surface area contributed by atoms with Crippen molar-refractivity contribution in [3.8, 4) is 0 Å². The van der Waals surface area contributed by atoms with Crippen molar-refractivity contribution in [3.05, 3.63) is 34.9 Å². The molecule has 4 heteroatoms. The van der Waals surface area contributed by atoms with Crippen molar-refractivity contribution in [2.75, 3.05) is 0 Å². The zero-order valence-electron chi connectivity index (χ0n) is 10.6. The van der Waals surface area contributed by atoms with Crippen molar-refractivity contribution in [3.63, 3.8) is 0 Å². The number of hydrogen-bond acceptors (Lipinski definition) is 2. The maximum absolute atomic E-state index is 12.0. The fourth-order valence-electron chi connectivity index (χ4n) is 1.81. The monoisotopic (exact) mass is 270 g/mol. The van der Waals surface area contributed by atoms with Gasteiger partial charge in [0.1, 0.15) is 0 Å². The molecule has 0 saturated carbocycles. The van der Waals surface area contributed by atoms with Gasteiger partial charge < -0.3 is 4.43 Å². The van der Waals surface area contributed by atoms with Crippen LogP contribution in [0.5, 0.6) is 0 Å². The summed E-state index contributed by atoms with van der Waals surface area (Å²) in [5.41, 5.74) is 0.585. The first-order valence-corrected chi connectivity index (χ1v) is 8.96. The van der Waals surface area contributed by atoms with Crippen LogP contribution in [-0.4, -0.2) is 14.3 Å². The normalized spacial score (nSPS) is 11.3. The number of benzene rings is 1. The average molecular weight is 271 g/mol. The molecule has 17 heavy (non-hydrogen) atoms. The second-order valence-electron chi connectivity index (χ2n) is 4.14. The molecule has 2 nitrogen and oxygen atoms in total. The first-order valence-electron chi connectivity index (χ1n) is 6.05. The Balaban J connectivity index is 2.81. The minimum atomic E-state index is -1.86. The van der Waals surface area contributed by atoms with Gasteiger partial charge in [-0.05, 0) is 42.4 Å². The predicted octanol–water partition coefficient (Wildman–Crippen LogP) is 4.50. The molecule has 0 spiro atoms. The van der Waals surface area contributed by atoms with Crippen LogP contribution in [0, 0.1) is 0 Å². The second-order valence-corrected chi connectivity index (χ2v) is 9.27. The van der Waals surface area contributed by atoms with E-state index in [4.69, 9.17) is 16.0 Å². The van der Waals surface area contributed by atoms with Gasteiger partial charge in [0.25, 0.3) is 8.32 Å². The van der Waals surface area contributed by atoms with Crippen LogP contribution in [0.4, 0.5) is 0 Å². The minimum Gasteiger partial charge on any atom is -0.516 e. The zero-order valence-corrected chi connectivity index (χ0v) is 12.4. The molecule has 1 rings (SSSR count). The van der Waals surface area contributed by atoms with Gasteiger partial charge in [-0.15, -0.1) is 0 Å². The molecule has 0 unspecified atom stereocenters. The van der Waals surface area contributed by atoms with E-state index in [1.165, 1.54) is 0 Å². The highest BCUT2D eigenvalue weighted by molar-refractivity contribution is 6.75. The lowest BCUT2D eigenvalue weighted by molar-refractivity contribution is 0.0717. The summed E-state index contributed by atoms with van der Waals surface area (Å²) in [6.07, 6.45) is 0. The van der Waals surface area contributed by atoms with Gasteiger partial charge in [0, 0.05) is 5.02 Å². The third kappa shape index (κ3) is 3.58. The Bertz CT molecular complexity index is 363. The van der Waals surface area contributed by atoms with E-state index >= 15 is 0 Å². The van der Waals surface area contributed by atoms with Gasteiger partial charge in [0.15, 0.2) is 0 Å². The highest BCUT2D eigenvalue weighted by Crippen LogP contribution is 2.23. The summed E-state index contributed by atoms with van der Waals surface area (Å²) >= 11 is 5.79. The number of rotatable bonds is 5. The predicted molar refractivity (Wildman–Crippen MR) is 74.1 cm³/mol. The van der Waals surface area contributed by atoms with Crippen molar-refractivity contribution >= 4 is 25.9 Å². The van der Waals surface area contributed by atoms with Crippen molar-refractivity contribution < 1.29 is 9.22 Å². The van der Waals surface area contributed by atoms with Crippen LogP contribution in [-0.2, 0) is 4.43 Å². The van der Waals surface area contributed by atoms with E-state index in [9.17, 15) is 4.79 Å². The summed E-state index contributed by atoms with van der Waals surface area (Å²) < 4.78 is 5.77. The van der Waals surface area contributed by atoms with Gasteiger partial charge in [-0.1, -0.05) is 32.4 Å². The Labute approximate surface area is 109 Å². The molecular formula is C13H19ClO2Si. The van der Waals surface area contributed by atoms with Gasteiger partial charge in [-0.25, -0.2) is 4.79 Å². The van der Waals surface area contributed by atoms with Crippen LogP contribution in [0.2, 0.25) is 23.2 Å². The summed E-state index contributed by atoms with van der Waals surface area (Å²) in [6, 6.07) is 9.77. The Morgan fingerprint density at radius 1 is 1.12 bits per heavy atom. The first kappa shape index (κ1) is 14.3. The smallest absolute Gasteiger partial charge is 0.324 e. The molecule has 0 fully saturated rings. The molecule has 0 bridgehead atoms. The first-order chi connectivity index (χ1) is 8.06. The molecule has 0 amide bonds.